The monoisotopic (exact) mass is 279 g/mol. The van der Waals surface area contributed by atoms with Crippen molar-refractivity contribution in [2.45, 2.75) is 32.7 Å². The van der Waals surface area contributed by atoms with Gasteiger partial charge in [-0.2, -0.15) is 0 Å². The molecule has 20 heavy (non-hydrogen) atoms. The number of rotatable bonds is 9. The molecule has 1 fully saturated rings. The number of nitrogens with one attached hydrogen (secondary N) is 1. The molecule has 112 valence electrons. The van der Waals surface area contributed by atoms with Crippen molar-refractivity contribution < 1.29 is 14.6 Å². The van der Waals surface area contributed by atoms with Crippen LogP contribution in [0.25, 0.3) is 0 Å². The number of hydrogen-bond donors (Lipinski definition) is 2. The standard InChI is InChI=1S/C16H25NO3/c1-3-20-15-10-13(4-5-14(15)18)11-17-12-16(6-7-16)8-9-19-2/h4-5,10,17-18H,3,6-9,11-12H2,1-2H3. The van der Waals surface area contributed by atoms with Crippen molar-refractivity contribution in [2.75, 3.05) is 26.9 Å². The van der Waals surface area contributed by atoms with Gasteiger partial charge in [-0.3, -0.25) is 0 Å². The fraction of sp³-hybridized carbons (Fsp3) is 0.625. The second-order valence-corrected chi connectivity index (χ2v) is 5.58. The third-order valence-electron chi connectivity index (χ3n) is 3.95. The van der Waals surface area contributed by atoms with Crippen LogP contribution in [0.3, 0.4) is 0 Å². The van der Waals surface area contributed by atoms with E-state index in [1.54, 1.807) is 13.2 Å². The Morgan fingerprint density at radius 2 is 2.15 bits per heavy atom. The van der Waals surface area contributed by atoms with Gasteiger partial charge in [0.15, 0.2) is 11.5 Å². The molecule has 0 heterocycles. The molecule has 0 aromatic heterocycles. The molecule has 1 aliphatic rings. The number of aromatic hydroxyl groups is 1. The predicted octanol–water partition coefficient (Wildman–Crippen LogP) is 2.70. The molecule has 0 atom stereocenters. The van der Waals surface area contributed by atoms with E-state index in [2.05, 4.69) is 5.32 Å². The molecule has 1 aliphatic carbocycles. The quantitative estimate of drug-likeness (QED) is 0.730. The van der Waals surface area contributed by atoms with Crippen molar-refractivity contribution in [1.29, 1.82) is 0 Å². The number of phenolic OH excluding ortho intramolecular Hbond substituents is 1. The topological polar surface area (TPSA) is 50.7 Å². The van der Waals surface area contributed by atoms with Gasteiger partial charge in [0.2, 0.25) is 0 Å². The number of hydrogen-bond acceptors (Lipinski definition) is 4. The summed E-state index contributed by atoms with van der Waals surface area (Å²) in [4.78, 5) is 0. The molecule has 0 radical (unpaired) electrons. The lowest BCUT2D eigenvalue weighted by Gasteiger charge is -2.16. The molecule has 1 aromatic carbocycles. The molecule has 1 aromatic rings. The number of benzene rings is 1. The summed E-state index contributed by atoms with van der Waals surface area (Å²) in [7, 11) is 1.76. The molecule has 2 rings (SSSR count). The maximum atomic E-state index is 9.67. The second-order valence-electron chi connectivity index (χ2n) is 5.58. The van der Waals surface area contributed by atoms with E-state index in [0.29, 0.717) is 17.8 Å². The summed E-state index contributed by atoms with van der Waals surface area (Å²) in [5.74, 6) is 0.765. The first-order valence-corrected chi connectivity index (χ1v) is 7.33. The highest BCUT2D eigenvalue weighted by molar-refractivity contribution is 5.41. The first kappa shape index (κ1) is 15.1. The summed E-state index contributed by atoms with van der Waals surface area (Å²) in [6.45, 7) is 5.15. The minimum atomic E-state index is 0.203. The summed E-state index contributed by atoms with van der Waals surface area (Å²) < 4.78 is 10.6. The van der Waals surface area contributed by atoms with Gasteiger partial charge in [0, 0.05) is 26.8 Å². The van der Waals surface area contributed by atoms with Crippen LogP contribution < -0.4 is 10.1 Å². The molecule has 1 saturated carbocycles. The van der Waals surface area contributed by atoms with E-state index in [9.17, 15) is 5.11 Å². The second kappa shape index (κ2) is 6.95. The van der Waals surface area contributed by atoms with E-state index >= 15 is 0 Å². The average molecular weight is 279 g/mol. The third-order valence-corrected chi connectivity index (χ3v) is 3.95. The first-order chi connectivity index (χ1) is 9.69. The molecule has 0 saturated heterocycles. The molecule has 0 aliphatic heterocycles. The third kappa shape index (κ3) is 4.12. The Labute approximate surface area is 121 Å². The normalized spacial score (nSPS) is 16.1. The predicted molar refractivity (Wildman–Crippen MR) is 79.1 cm³/mol. The Balaban J connectivity index is 1.81. The van der Waals surface area contributed by atoms with Crippen LogP contribution in [0.4, 0.5) is 0 Å². The van der Waals surface area contributed by atoms with Crippen LogP contribution in [0, 0.1) is 5.41 Å². The van der Waals surface area contributed by atoms with E-state index in [0.717, 1.165) is 31.7 Å². The van der Waals surface area contributed by atoms with Crippen LogP contribution in [0.2, 0.25) is 0 Å². The Morgan fingerprint density at radius 3 is 2.80 bits per heavy atom. The summed E-state index contributed by atoms with van der Waals surface area (Å²) >= 11 is 0. The van der Waals surface area contributed by atoms with E-state index in [4.69, 9.17) is 9.47 Å². The molecule has 0 spiro atoms. The Kier molecular flexibility index (Phi) is 5.26. The van der Waals surface area contributed by atoms with Gasteiger partial charge in [-0.25, -0.2) is 0 Å². The summed E-state index contributed by atoms with van der Waals surface area (Å²) in [6.07, 6.45) is 3.72. The van der Waals surface area contributed by atoms with Crippen LogP contribution in [0.1, 0.15) is 31.7 Å². The molecule has 0 unspecified atom stereocenters. The Bertz CT molecular complexity index is 430. The van der Waals surface area contributed by atoms with Gasteiger partial charge in [-0.15, -0.1) is 0 Å². The Morgan fingerprint density at radius 1 is 1.35 bits per heavy atom. The van der Waals surface area contributed by atoms with E-state index in [1.807, 2.05) is 19.1 Å². The zero-order valence-electron chi connectivity index (χ0n) is 12.4. The first-order valence-electron chi connectivity index (χ1n) is 7.33. The summed E-state index contributed by atoms with van der Waals surface area (Å²) in [5.41, 5.74) is 1.59. The van der Waals surface area contributed by atoms with Gasteiger partial charge in [0.25, 0.3) is 0 Å². The van der Waals surface area contributed by atoms with Crippen molar-refractivity contribution in [3.8, 4) is 11.5 Å². The number of ether oxygens (including phenoxy) is 2. The van der Waals surface area contributed by atoms with Crippen molar-refractivity contribution in [3.05, 3.63) is 23.8 Å². The molecular weight excluding hydrogens is 254 g/mol. The molecule has 2 N–H and O–H groups in total. The maximum Gasteiger partial charge on any atom is 0.161 e. The minimum absolute atomic E-state index is 0.203. The van der Waals surface area contributed by atoms with Gasteiger partial charge in [-0.1, -0.05) is 6.07 Å². The maximum absolute atomic E-state index is 9.67. The van der Waals surface area contributed by atoms with Gasteiger partial charge in [0.1, 0.15) is 0 Å². The molecular formula is C16H25NO3. The van der Waals surface area contributed by atoms with Crippen molar-refractivity contribution in [3.63, 3.8) is 0 Å². The fourth-order valence-electron chi connectivity index (χ4n) is 2.42. The average Bonchev–Trinajstić information content (AvgIpc) is 3.21. The van der Waals surface area contributed by atoms with Crippen LogP contribution in [-0.2, 0) is 11.3 Å². The smallest absolute Gasteiger partial charge is 0.161 e. The summed E-state index contributed by atoms with van der Waals surface area (Å²) in [6, 6.07) is 5.53. The van der Waals surface area contributed by atoms with E-state index in [1.165, 1.54) is 12.8 Å². The lowest BCUT2D eigenvalue weighted by Crippen LogP contribution is -2.24. The van der Waals surface area contributed by atoms with Gasteiger partial charge in [0.05, 0.1) is 6.61 Å². The lowest BCUT2D eigenvalue weighted by molar-refractivity contribution is 0.171. The van der Waals surface area contributed by atoms with Crippen molar-refractivity contribution >= 4 is 0 Å². The number of methoxy groups -OCH3 is 1. The lowest BCUT2D eigenvalue weighted by atomic mass is 10.0. The summed E-state index contributed by atoms with van der Waals surface area (Å²) in [5, 5.41) is 13.2. The van der Waals surface area contributed by atoms with Crippen LogP contribution in [0.15, 0.2) is 18.2 Å². The zero-order chi connectivity index (χ0) is 14.4. The van der Waals surface area contributed by atoms with E-state index < -0.39 is 0 Å². The van der Waals surface area contributed by atoms with Crippen molar-refractivity contribution in [1.82, 2.24) is 5.32 Å². The van der Waals surface area contributed by atoms with Crippen LogP contribution >= 0.6 is 0 Å². The number of phenols is 1. The van der Waals surface area contributed by atoms with Gasteiger partial charge in [-0.05, 0) is 49.3 Å². The van der Waals surface area contributed by atoms with Crippen molar-refractivity contribution in [2.24, 2.45) is 5.41 Å². The van der Waals surface area contributed by atoms with E-state index in [-0.39, 0.29) is 5.75 Å². The SMILES string of the molecule is CCOc1cc(CNCC2(CCOC)CC2)ccc1O. The van der Waals surface area contributed by atoms with Crippen LogP contribution in [0.5, 0.6) is 11.5 Å². The zero-order valence-corrected chi connectivity index (χ0v) is 12.4. The molecule has 4 nitrogen and oxygen atoms in total. The molecule has 4 heteroatoms. The van der Waals surface area contributed by atoms with Gasteiger partial charge < -0.3 is 19.9 Å². The van der Waals surface area contributed by atoms with Gasteiger partial charge >= 0.3 is 0 Å². The highest BCUT2D eigenvalue weighted by Gasteiger charge is 2.41. The Hall–Kier alpha value is -1.26. The van der Waals surface area contributed by atoms with Crippen LogP contribution in [-0.4, -0.2) is 32.0 Å². The highest BCUT2D eigenvalue weighted by atomic mass is 16.5. The highest BCUT2D eigenvalue weighted by Crippen LogP contribution is 2.48. The fourth-order valence-corrected chi connectivity index (χ4v) is 2.42. The molecule has 0 amide bonds. The largest absolute Gasteiger partial charge is 0.504 e. The minimum Gasteiger partial charge on any atom is -0.504 e. The molecule has 0 bridgehead atoms.